The van der Waals surface area contributed by atoms with Crippen molar-refractivity contribution in [1.82, 2.24) is 0 Å². The number of rotatable bonds is 3. The van der Waals surface area contributed by atoms with Crippen molar-refractivity contribution in [1.29, 1.82) is 0 Å². The third kappa shape index (κ3) is 2.94. The van der Waals surface area contributed by atoms with Crippen molar-refractivity contribution in [2.24, 2.45) is 11.3 Å². The van der Waals surface area contributed by atoms with Gasteiger partial charge in [0.05, 0.1) is 12.1 Å². The van der Waals surface area contributed by atoms with Gasteiger partial charge in [0, 0.05) is 11.5 Å². The molecule has 0 saturated heterocycles. The van der Waals surface area contributed by atoms with Crippen LogP contribution in [0, 0.1) is 11.3 Å². The van der Waals surface area contributed by atoms with Crippen LogP contribution in [0.25, 0.3) is 0 Å². The molecule has 0 spiro atoms. The van der Waals surface area contributed by atoms with Gasteiger partial charge < -0.3 is 4.74 Å². The lowest BCUT2D eigenvalue weighted by Gasteiger charge is -2.37. The Hall–Kier alpha value is -1.02. The minimum atomic E-state index is 0.0855. The van der Waals surface area contributed by atoms with Crippen molar-refractivity contribution in [3.05, 3.63) is 28.8 Å². The molecular formula is C16H21ClO2. The SMILES string of the molecule is COc1cc(C(=O)C2CCCCC2(C)C)ccc1Cl. The van der Waals surface area contributed by atoms with E-state index in [9.17, 15) is 4.79 Å². The van der Waals surface area contributed by atoms with Crippen molar-refractivity contribution < 1.29 is 9.53 Å². The van der Waals surface area contributed by atoms with Crippen LogP contribution in [0.5, 0.6) is 5.75 Å². The molecule has 2 rings (SSSR count). The molecule has 1 aromatic carbocycles. The molecule has 2 nitrogen and oxygen atoms in total. The maximum atomic E-state index is 12.7. The second-order valence-electron chi connectivity index (χ2n) is 6.00. The maximum absolute atomic E-state index is 12.7. The van der Waals surface area contributed by atoms with E-state index in [1.165, 1.54) is 6.42 Å². The van der Waals surface area contributed by atoms with Crippen LogP contribution >= 0.6 is 11.6 Å². The third-order valence-corrected chi connectivity index (χ3v) is 4.57. The molecule has 0 aliphatic heterocycles. The number of Topliss-reactive ketones (excluding diaryl/α,β-unsaturated/α-hetero) is 1. The molecule has 0 amide bonds. The van der Waals surface area contributed by atoms with Gasteiger partial charge in [-0.3, -0.25) is 4.79 Å². The lowest BCUT2D eigenvalue weighted by atomic mass is 9.66. The number of benzene rings is 1. The predicted octanol–water partition coefficient (Wildman–Crippen LogP) is 4.75. The van der Waals surface area contributed by atoms with Crippen molar-refractivity contribution >= 4 is 17.4 Å². The summed E-state index contributed by atoms with van der Waals surface area (Å²) in [7, 11) is 1.57. The van der Waals surface area contributed by atoms with Crippen LogP contribution in [-0.2, 0) is 0 Å². The highest BCUT2D eigenvalue weighted by Gasteiger charge is 2.37. The Kier molecular flexibility index (Phi) is 4.19. The van der Waals surface area contributed by atoms with Crippen LogP contribution in [-0.4, -0.2) is 12.9 Å². The Morgan fingerprint density at radius 3 is 2.74 bits per heavy atom. The summed E-state index contributed by atoms with van der Waals surface area (Å²) in [4.78, 5) is 12.7. The predicted molar refractivity (Wildman–Crippen MR) is 78.1 cm³/mol. The zero-order chi connectivity index (χ0) is 14.0. The number of ketones is 1. The van der Waals surface area contributed by atoms with Gasteiger partial charge in [-0.1, -0.05) is 38.3 Å². The normalized spacial score (nSPS) is 22.0. The summed E-state index contributed by atoms with van der Waals surface area (Å²) < 4.78 is 5.19. The van der Waals surface area contributed by atoms with Crippen molar-refractivity contribution in [3.8, 4) is 5.75 Å². The van der Waals surface area contributed by atoms with Gasteiger partial charge in [-0.15, -0.1) is 0 Å². The molecule has 0 N–H and O–H groups in total. The fraction of sp³-hybridized carbons (Fsp3) is 0.562. The number of halogens is 1. The molecule has 1 unspecified atom stereocenters. The average molecular weight is 281 g/mol. The Labute approximate surface area is 120 Å². The van der Waals surface area contributed by atoms with Crippen LogP contribution in [0.3, 0.4) is 0 Å². The van der Waals surface area contributed by atoms with Crippen LogP contribution < -0.4 is 4.74 Å². The second-order valence-corrected chi connectivity index (χ2v) is 6.41. The van der Waals surface area contributed by atoms with Gasteiger partial charge in [0.1, 0.15) is 5.75 Å². The smallest absolute Gasteiger partial charge is 0.166 e. The minimum Gasteiger partial charge on any atom is -0.495 e. The summed E-state index contributed by atoms with van der Waals surface area (Å²) in [5.41, 5.74) is 0.795. The van der Waals surface area contributed by atoms with Gasteiger partial charge in [0.2, 0.25) is 0 Å². The summed E-state index contributed by atoms with van der Waals surface area (Å²) in [6.45, 7) is 4.39. The van der Waals surface area contributed by atoms with Gasteiger partial charge >= 0.3 is 0 Å². The van der Waals surface area contributed by atoms with E-state index in [4.69, 9.17) is 16.3 Å². The van der Waals surface area contributed by atoms with Gasteiger partial charge in [0.15, 0.2) is 5.78 Å². The van der Waals surface area contributed by atoms with Crippen LogP contribution in [0.4, 0.5) is 0 Å². The molecule has 1 fully saturated rings. The molecule has 1 saturated carbocycles. The highest BCUT2D eigenvalue weighted by atomic mass is 35.5. The molecule has 19 heavy (non-hydrogen) atoms. The molecule has 1 atom stereocenters. The molecule has 1 aliphatic carbocycles. The van der Waals surface area contributed by atoms with Gasteiger partial charge in [-0.05, 0) is 36.5 Å². The topological polar surface area (TPSA) is 26.3 Å². The monoisotopic (exact) mass is 280 g/mol. The molecule has 1 aromatic rings. The van der Waals surface area contributed by atoms with Crippen LogP contribution in [0.2, 0.25) is 5.02 Å². The highest BCUT2D eigenvalue weighted by Crippen LogP contribution is 2.42. The summed E-state index contributed by atoms with van der Waals surface area (Å²) in [6.07, 6.45) is 4.47. The minimum absolute atomic E-state index is 0.0855. The summed E-state index contributed by atoms with van der Waals surface area (Å²) in [6, 6.07) is 5.30. The molecule has 0 bridgehead atoms. The zero-order valence-electron chi connectivity index (χ0n) is 11.8. The summed E-state index contributed by atoms with van der Waals surface area (Å²) >= 11 is 6.01. The largest absolute Gasteiger partial charge is 0.495 e. The van der Waals surface area contributed by atoms with Crippen molar-refractivity contribution in [2.45, 2.75) is 39.5 Å². The van der Waals surface area contributed by atoms with E-state index in [1.54, 1.807) is 25.3 Å². The number of carbonyl (C=O) groups excluding carboxylic acids is 1. The standard InChI is InChI=1S/C16H21ClO2/c1-16(2)9-5-4-6-12(16)15(18)11-7-8-13(17)14(10-11)19-3/h7-8,10,12H,4-6,9H2,1-3H3. The maximum Gasteiger partial charge on any atom is 0.166 e. The Bertz CT molecular complexity index is 480. The first-order valence-electron chi connectivity index (χ1n) is 6.83. The van der Waals surface area contributed by atoms with Crippen LogP contribution in [0.1, 0.15) is 49.9 Å². The van der Waals surface area contributed by atoms with E-state index in [0.717, 1.165) is 19.3 Å². The molecular weight excluding hydrogens is 260 g/mol. The van der Waals surface area contributed by atoms with E-state index in [2.05, 4.69) is 13.8 Å². The van der Waals surface area contributed by atoms with Gasteiger partial charge in [-0.2, -0.15) is 0 Å². The molecule has 3 heteroatoms. The van der Waals surface area contributed by atoms with E-state index >= 15 is 0 Å². The van der Waals surface area contributed by atoms with E-state index in [0.29, 0.717) is 16.3 Å². The molecule has 104 valence electrons. The molecule has 0 radical (unpaired) electrons. The number of hydrogen-bond donors (Lipinski definition) is 0. The van der Waals surface area contributed by atoms with Gasteiger partial charge in [-0.25, -0.2) is 0 Å². The fourth-order valence-electron chi connectivity index (χ4n) is 2.99. The van der Waals surface area contributed by atoms with Crippen molar-refractivity contribution in [3.63, 3.8) is 0 Å². The van der Waals surface area contributed by atoms with Crippen LogP contribution in [0.15, 0.2) is 18.2 Å². The Morgan fingerprint density at radius 2 is 2.11 bits per heavy atom. The highest BCUT2D eigenvalue weighted by molar-refractivity contribution is 6.32. The van der Waals surface area contributed by atoms with E-state index < -0.39 is 0 Å². The zero-order valence-corrected chi connectivity index (χ0v) is 12.6. The van der Waals surface area contributed by atoms with E-state index in [-0.39, 0.29) is 17.1 Å². The van der Waals surface area contributed by atoms with E-state index in [1.807, 2.05) is 0 Å². The molecule has 0 aromatic heterocycles. The number of carbonyl (C=O) groups is 1. The first-order valence-corrected chi connectivity index (χ1v) is 7.21. The average Bonchev–Trinajstić information content (AvgIpc) is 2.38. The number of hydrogen-bond acceptors (Lipinski definition) is 2. The quantitative estimate of drug-likeness (QED) is 0.747. The Balaban J connectivity index is 2.28. The third-order valence-electron chi connectivity index (χ3n) is 4.26. The first kappa shape index (κ1) is 14.4. The first-order chi connectivity index (χ1) is 8.95. The Morgan fingerprint density at radius 1 is 1.37 bits per heavy atom. The number of methoxy groups -OCH3 is 1. The second kappa shape index (κ2) is 5.54. The number of ether oxygens (including phenoxy) is 1. The van der Waals surface area contributed by atoms with Gasteiger partial charge in [0.25, 0.3) is 0 Å². The fourth-order valence-corrected chi connectivity index (χ4v) is 3.19. The lowest BCUT2D eigenvalue weighted by Crippen LogP contribution is -2.34. The molecule has 0 heterocycles. The molecule has 1 aliphatic rings. The lowest BCUT2D eigenvalue weighted by molar-refractivity contribution is 0.0697. The summed E-state index contributed by atoms with van der Waals surface area (Å²) in [5.74, 6) is 0.896. The summed E-state index contributed by atoms with van der Waals surface area (Å²) in [5, 5.41) is 0.543. The van der Waals surface area contributed by atoms with Crippen molar-refractivity contribution in [2.75, 3.05) is 7.11 Å².